The molecule has 0 atom stereocenters. The van der Waals surface area contributed by atoms with E-state index in [1.807, 2.05) is 6.07 Å². The molecule has 0 spiro atoms. The van der Waals surface area contributed by atoms with Crippen molar-refractivity contribution in [2.75, 3.05) is 24.6 Å². The minimum absolute atomic E-state index is 0.0283. The Balaban J connectivity index is 1.70. The molecule has 1 N–H and O–H groups in total. The van der Waals surface area contributed by atoms with Crippen molar-refractivity contribution >= 4 is 32.7 Å². The molecule has 1 aliphatic rings. The number of fused-ring (bicyclic) bond motifs is 1. The SMILES string of the molecule is CN(c1ccc2c(c1)nc(C(C)(C)C)n2CC1CCOCC1)S(=O)(=O)c1ccc(C(=O)O)cc1. The smallest absolute Gasteiger partial charge is 0.335 e. The first-order valence-electron chi connectivity index (χ1n) is 11.4. The van der Waals surface area contributed by atoms with E-state index in [2.05, 4.69) is 25.3 Å². The van der Waals surface area contributed by atoms with Gasteiger partial charge in [-0.25, -0.2) is 18.2 Å². The van der Waals surface area contributed by atoms with E-state index in [0.29, 0.717) is 11.6 Å². The Kier molecular flexibility index (Phi) is 6.44. The molecule has 34 heavy (non-hydrogen) atoms. The fraction of sp³-hybridized carbons (Fsp3) is 0.440. The highest BCUT2D eigenvalue weighted by atomic mass is 32.2. The number of aromatic nitrogens is 2. The van der Waals surface area contributed by atoms with Gasteiger partial charge in [-0.2, -0.15) is 0 Å². The Morgan fingerprint density at radius 3 is 2.38 bits per heavy atom. The number of anilines is 1. The molecule has 2 heterocycles. The lowest BCUT2D eigenvalue weighted by Crippen LogP contribution is -2.26. The summed E-state index contributed by atoms with van der Waals surface area (Å²) in [4.78, 5) is 16.0. The van der Waals surface area contributed by atoms with E-state index < -0.39 is 16.0 Å². The molecule has 9 heteroatoms. The van der Waals surface area contributed by atoms with Crippen molar-refractivity contribution in [1.29, 1.82) is 0 Å². The Morgan fingerprint density at radius 2 is 1.79 bits per heavy atom. The monoisotopic (exact) mass is 485 g/mol. The van der Waals surface area contributed by atoms with E-state index in [1.54, 1.807) is 12.1 Å². The Bertz CT molecular complexity index is 1300. The maximum absolute atomic E-state index is 13.2. The summed E-state index contributed by atoms with van der Waals surface area (Å²) >= 11 is 0. The number of carboxylic acid groups (broad SMARTS) is 1. The molecule has 8 nitrogen and oxygen atoms in total. The number of nitrogens with zero attached hydrogens (tertiary/aromatic N) is 3. The molecule has 0 aliphatic carbocycles. The van der Waals surface area contributed by atoms with Crippen LogP contribution < -0.4 is 4.31 Å². The Hall–Kier alpha value is -2.91. The molecule has 0 radical (unpaired) electrons. The van der Waals surface area contributed by atoms with Crippen LogP contribution in [-0.2, 0) is 26.7 Å². The number of rotatable bonds is 6. The van der Waals surface area contributed by atoms with Crippen molar-refractivity contribution in [3.63, 3.8) is 0 Å². The molecule has 0 amide bonds. The van der Waals surface area contributed by atoms with Crippen LogP contribution in [0.1, 0.15) is 49.8 Å². The van der Waals surface area contributed by atoms with Crippen LogP contribution >= 0.6 is 0 Å². The zero-order valence-corrected chi connectivity index (χ0v) is 20.8. The summed E-state index contributed by atoms with van der Waals surface area (Å²) in [6.45, 7) is 8.81. The van der Waals surface area contributed by atoms with E-state index in [-0.39, 0.29) is 15.9 Å². The standard InChI is InChI=1S/C25H31N3O5S/c1-25(2,3)24-26-21-15-19(7-10-22(21)28(24)16-17-11-13-33-14-12-17)27(4)34(31,32)20-8-5-18(6-9-20)23(29)30/h5-10,15,17H,11-14,16H2,1-4H3,(H,29,30). The third-order valence-corrected chi connectivity index (χ3v) is 8.11. The van der Waals surface area contributed by atoms with Crippen molar-refractivity contribution in [3.8, 4) is 0 Å². The van der Waals surface area contributed by atoms with Crippen LogP contribution in [0, 0.1) is 5.92 Å². The second-order valence-electron chi connectivity index (χ2n) is 9.83. The highest BCUT2D eigenvalue weighted by molar-refractivity contribution is 7.92. The minimum atomic E-state index is -3.87. The van der Waals surface area contributed by atoms with Crippen LogP contribution in [0.15, 0.2) is 47.4 Å². The molecule has 0 saturated carbocycles. The third kappa shape index (κ3) is 4.67. The number of benzene rings is 2. The van der Waals surface area contributed by atoms with Gasteiger partial charge in [-0.3, -0.25) is 4.31 Å². The summed E-state index contributed by atoms with van der Waals surface area (Å²) in [5.41, 5.74) is 2.09. The van der Waals surface area contributed by atoms with Crippen molar-refractivity contribution in [3.05, 3.63) is 53.9 Å². The first-order valence-corrected chi connectivity index (χ1v) is 12.8. The lowest BCUT2D eigenvalue weighted by atomic mass is 9.94. The molecule has 182 valence electrons. The summed E-state index contributed by atoms with van der Waals surface area (Å²) in [6, 6.07) is 10.7. The number of imidazole rings is 1. The predicted molar refractivity (Wildman–Crippen MR) is 131 cm³/mol. The van der Waals surface area contributed by atoms with Gasteiger partial charge in [0.2, 0.25) is 0 Å². The van der Waals surface area contributed by atoms with Gasteiger partial charge in [0.15, 0.2) is 0 Å². The van der Waals surface area contributed by atoms with E-state index in [0.717, 1.165) is 49.5 Å². The highest BCUT2D eigenvalue weighted by Crippen LogP contribution is 2.32. The van der Waals surface area contributed by atoms with Gasteiger partial charge in [0, 0.05) is 32.2 Å². The maximum atomic E-state index is 13.2. The molecule has 4 rings (SSSR count). The number of carbonyl (C=O) groups is 1. The van der Waals surface area contributed by atoms with Gasteiger partial charge >= 0.3 is 5.97 Å². The van der Waals surface area contributed by atoms with Crippen LogP contribution in [0.4, 0.5) is 5.69 Å². The van der Waals surface area contributed by atoms with Gasteiger partial charge < -0.3 is 14.4 Å². The fourth-order valence-corrected chi connectivity index (χ4v) is 5.51. The van der Waals surface area contributed by atoms with E-state index in [1.165, 1.54) is 35.6 Å². The molecule has 3 aromatic rings. The first-order chi connectivity index (χ1) is 16.0. The molecule has 2 aromatic carbocycles. The average molecular weight is 486 g/mol. The van der Waals surface area contributed by atoms with Gasteiger partial charge in [-0.05, 0) is 61.2 Å². The number of aromatic carboxylic acids is 1. The van der Waals surface area contributed by atoms with Gasteiger partial charge in [0.25, 0.3) is 10.0 Å². The largest absolute Gasteiger partial charge is 0.478 e. The van der Waals surface area contributed by atoms with Crippen LogP contribution in [0.25, 0.3) is 11.0 Å². The van der Waals surface area contributed by atoms with Crippen molar-refractivity contribution in [2.24, 2.45) is 5.92 Å². The van der Waals surface area contributed by atoms with Gasteiger partial charge in [0.05, 0.1) is 27.2 Å². The lowest BCUT2D eigenvalue weighted by molar-refractivity contribution is 0.0611. The van der Waals surface area contributed by atoms with Gasteiger partial charge in [-0.15, -0.1) is 0 Å². The molecule has 1 aromatic heterocycles. The second kappa shape index (κ2) is 9.03. The minimum Gasteiger partial charge on any atom is -0.478 e. The van der Waals surface area contributed by atoms with Gasteiger partial charge in [-0.1, -0.05) is 20.8 Å². The topological polar surface area (TPSA) is 102 Å². The van der Waals surface area contributed by atoms with Crippen molar-refractivity contribution in [1.82, 2.24) is 9.55 Å². The molecule has 1 fully saturated rings. The van der Waals surface area contributed by atoms with E-state index in [4.69, 9.17) is 14.8 Å². The number of hydrogen-bond donors (Lipinski definition) is 1. The Morgan fingerprint density at radius 1 is 1.15 bits per heavy atom. The van der Waals surface area contributed by atoms with Crippen LogP contribution in [-0.4, -0.2) is 49.3 Å². The van der Waals surface area contributed by atoms with Crippen molar-refractivity contribution in [2.45, 2.75) is 50.5 Å². The van der Waals surface area contributed by atoms with E-state index in [9.17, 15) is 13.2 Å². The summed E-state index contributed by atoms with van der Waals surface area (Å²) in [5.74, 6) is 0.387. The van der Waals surface area contributed by atoms with Gasteiger partial charge in [0.1, 0.15) is 5.82 Å². The van der Waals surface area contributed by atoms with Crippen molar-refractivity contribution < 1.29 is 23.1 Å². The van der Waals surface area contributed by atoms with Crippen LogP contribution in [0.2, 0.25) is 0 Å². The summed E-state index contributed by atoms with van der Waals surface area (Å²) < 4.78 is 35.4. The molecule has 0 unspecified atom stereocenters. The Labute approximate surface area is 200 Å². The quantitative estimate of drug-likeness (QED) is 0.559. The molecule has 1 saturated heterocycles. The fourth-order valence-electron chi connectivity index (χ4n) is 4.32. The summed E-state index contributed by atoms with van der Waals surface area (Å²) in [6.07, 6.45) is 2.03. The lowest BCUT2D eigenvalue weighted by Gasteiger charge is -2.26. The molecular weight excluding hydrogens is 454 g/mol. The number of ether oxygens (including phenoxy) is 1. The summed E-state index contributed by atoms with van der Waals surface area (Å²) in [7, 11) is -2.37. The normalized spacial score (nSPS) is 15.5. The van der Waals surface area contributed by atoms with Crippen LogP contribution in [0.3, 0.4) is 0 Å². The highest BCUT2D eigenvalue weighted by Gasteiger charge is 2.27. The molecular formula is C25H31N3O5S. The van der Waals surface area contributed by atoms with Crippen LogP contribution in [0.5, 0.6) is 0 Å². The average Bonchev–Trinajstić information content (AvgIpc) is 3.17. The second-order valence-corrected chi connectivity index (χ2v) is 11.8. The molecule has 1 aliphatic heterocycles. The molecule has 0 bridgehead atoms. The zero-order chi connectivity index (χ0) is 24.7. The first kappa shape index (κ1) is 24.2. The zero-order valence-electron chi connectivity index (χ0n) is 20.0. The third-order valence-electron chi connectivity index (χ3n) is 6.31. The summed E-state index contributed by atoms with van der Waals surface area (Å²) in [5, 5.41) is 9.08. The predicted octanol–water partition coefficient (Wildman–Crippen LogP) is 4.28. The maximum Gasteiger partial charge on any atom is 0.335 e. The number of carboxylic acids is 1. The number of sulfonamides is 1. The van der Waals surface area contributed by atoms with E-state index >= 15 is 0 Å². The number of hydrogen-bond acceptors (Lipinski definition) is 5.